The van der Waals surface area contributed by atoms with Crippen LogP contribution in [-0.2, 0) is 16.1 Å². The number of carbonyl (C=O) groups excluding carboxylic acids is 2. The van der Waals surface area contributed by atoms with Crippen molar-refractivity contribution in [2.24, 2.45) is 0 Å². The highest BCUT2D eigenvalue weighted by molar-refractivity contribution is 5.84. The summed E-state index contributed by atoms with van der Waals surface area (Å²) < 4.78 is 41.3. The van der Waals surface area contributed by atoms with Crippen LogP contribution in [0.3, 0.4) is 0 Å². The molecule has 2 aliphatic rings. The van der Waals surface area contributed by atoms with Crippen molar-refractivity contribution >= 4 is 22.8 Å². The molecule has 2 amide bonds. The predicted molar refractivity (Wildman–Crippen MR) is 109 cm³/mol. The summed E-state index contributed by atoms with van der Waals surface area (Å²) >= 11 is 0. The third kappa shape index (κ3) is 3.59. The number of aromatic nitrogens is 3. The second kappa shape index (κ2) is 7.92. The van der Waals surface area contributed by atoms with Crippen molar-refractivity contribution < 1.29 is 22.8 Å². The Kier molecular flexibility index (Phi) is 5.07. The van der Waals surface area contributed by atoms with Crippen molar-refractivity contribution in [1.82, 2.24) is 24.6 Å². The molecule has 0 unspecified atom stereocenters. The first-order valence-corrected chi connectivity index (χ1v) is 10.4. The largest absolute Gasteiger partial charge is 0.337 e. The van der Waals surface area contributed by atoms with Crippen molar-refractivity contribution in [3.63, 3.8) is 0 Å². The number of pyridine rings is 1. The molecule has 1 aromatic carbocycles. The lowest BCUT2D eigenvalue weighted by atomic mass is 10.0. The normalized spacial score (nSPS) is 16.9. The summed E-state index contributed by atoms with van der Waals surface area (Å²) in [5.41, 5.74) is 1.38. The maximum Gasteiger partial charge on any atom is 0.266 e. The Morgan fingerprint density at radius 1 is 1.16 bits per heavy atom. The lowest BCUT2D eigenvalue weighted by molar-refractivity contribution is -0.144. The average Bonchev–Trinajstić information content (AvgIpc) is 3.33. The van der Waals surface area contributed by atoms with Gasteiger partial charge in [0.25, 0.3) is 6.43 Å². The number of carbonyl (C=O) groups is 2. The lowest BCUT2D eigenvalue weighted by Crippen LogP contribution is -2.61. The van der Waals surface area contributed by atoms with Gasteiger partial charge in [-0.15, -0.1) is 0 Å². The van der Waals surface area contributed by atoms with E-state index in [0.717, 1.165) is 25.1 Å². The quantitative estimate of drug-likeness (QED) is 0.608. The Morgan fingerprint density at radius 2 is 1.97 bits per heavy atom. The topological polar surface area (TPSA) is 71.3 Å². The van der Waals surface area contributed by atoms with Crippen LogP contribution in [0.1, 0.15) is 24.8 Å². The first kappa shape index (κ1) is 20.5. The van der Waals surface area contributed by atoms with Crippen molar-refractivity contribution in [3.8, 4) is 11.1 Å². The maximum absolute atomic E-state index is 13.6. The summed E-state index contributed by atoms with van der Waals surface area (Å²) in [5, 5.41) is 4.24. The van der Waals surface area contributed by atoms with E-state index in [1.54, 1.807) is 11.0 Å². The van der Waals surface area contributed by atoms with Crippen molar-refractivity contribution in [2.75, 3.05) is 19.6 Å². The molecule has 5 rings (SSSR count). The van der Waals surface area contributed by atoms with Gasteiger partial charge in [0.1, 0.15) is 17.9 Å². The molecule has 0 saturated carbocycles. The van der Waals surface area contributed by atoms with E-state index in [2.05, 4.69) is 10.1 Å². The molecule has 32 heavy (non-hydrogen) atoms. The van der Waals surface area contributed by atoms with Crippen molar-refractivity contribution in [1.29, 1.82) is 0 Å². The minimum Gasteiger partial charge on any atom is -0.337 e. The van der Waals surface area contributed by atoms with Crippen LogP contribution in [-0.4, -0.2) is 62.1 Å². The molecule has 2 saturated heterocycles. The van der Waals surface area contributed by atoms with Crippen LogP contribution >= 0.6 is 0 Å². The van der Waals surface area contributed by atoms with Gasteiger partial charge < -0.3 is 9.80 Å². The summed E-state index contributed by atoms with van der Waals surface area (Å²) in [6.07, 6.45) is 1.55. The summed E-state index contributed by atoms with van der Waals surface area (Å²) in [6, 6.07) is 5.31. The molecule has 0 bridgehead atoms. The Morgan fingerprint density at radius 3 is 2.69 bits per heavy atom. The summed E-state index contributed by atoms with van der Waals surface area (Å²) in [7, 11) is 0. The average molecular weight is 443 g/mol. The van der Waals surface area contributed by atoms with Crippen LogP contribution in [0.4, 0.5) is 13.2 Å². The lowest BCUT2D eigenvalue weighted by Gasteiger charge is -2.43. The zero-order valence-corrected chi connectivity index (χ0v) is 17.0. The number of amides is 2. The van der Waals surface area contributed by atoms with Gasteiger partial charge in [0.05, 0.1) is 23.3 Å². The van der Waals surface area contributed by atoms with Gasteiger partial charge in [-0.2, -0.15) is 5.10 Å². The maximum atomic E-state index is 13.6. The second-order valence-electron chi connectivity index (χ2n) is 8.11. The Labute approximate surface area is 181 Å². The molecule has 2 aliphatic heterocycles. The molecule has 3 aromatic rings. The van der Waals surface area contributed by atoms with Crippen LogP contribution in [0.25, 0.3) is 22.2 Å². The van der Waals surface area contributed by atoms with E-state index in [1.165, 1.54) is 23.1 Å². The van der Waals surface area contributed by atoms with Gasteiger partial charge in [-0.05, 0) is 30.2 Å². The van der Waals surface area contributed by atoms with E-state index in [9.17, 15) is 22.8 Å². The fourth-order valence-electron chi connectivity index (χ4n) is 4.27. The molecule has 4 heterocycles. The number of fused-ring (bicyclic) bond motifs is 1. The SMILES string of the molecule is O=C(Cn1ncc2ncc(-c3ccc(F)c(C(F)F)c3)cc21)N1CC(N2CCCC2=O)C1. The molecule has 0 radical (unpaired) electrons. The van der Waals surface area contributed by atoms with Crippen LogP contribution in [0.15, 0.2) is 36.7 Å². The first-order chi connectivity index (χ1) is 15.4. The highest BCUT2D eigenvalue weighted by Crippen LogP contribution is 2.29. The van der Waals surface area contributed by atoms with Crippen LogP contribution in [0.5, 0.6) is 0 Å². The molecule has 2 aromatic heterocycles. The summed E-state index contributed by atoms with van der Waals surface area (Å²) in [4.78, 5) is 32.4. The summed E-state index contributed by atoms with van der Waals surface area (Å²) in [5.74, 6) is -0.934. The number of rotatable bonds is 5. The van der Waals surface area contributed by atoms with Crippen LogP contribution < -0.4 is 0 Å². The number of hydrogen-bond donors (Lipinski definition) is 0. The zero-order valence-electron chi connectivity index (χ0n) is 17.0. The van der Waals surface area contributed by atoms with Crippen LogP contribution in [0.2, 0.25) is 0 Å². The predicted octanol–water partition coefficient (Wildman–Crippen LogP) is 3.01. The molecule has 10 heteroatoms. The van der Waals surface area contributed by atoms with Gasteiger partial charge in [0.2, 0.25) is 11.8 Å². The number of alkyl halides is 2. The van der Waals surface area contributed by atoms with E-state index in [1.807, 2.05) is 4.90 Å². The van der Waals surface area contributed by atoms with Gasteiger partial charge in [0, 0.05) is 37.8 Å². The van der Waals surface area contributed by atoms with Gasteiger partial charge in [0.15, 0.2) is 0 Å². The highest BCUT2D eigenvalue weighted by atomic mass is 19.3. The molecule has 0 atom stereocenters. The minimum absolute atomic E-state index is 0.000994. The van der Waals surface area contributed by atoms with E-state index in [0.29, 0.717) is 41.7 Å². The molecule has 166 valence electrons. The number of hydrogen-bond acceptors (Lipinski definition) is 4. The molecule has 7 nitrogen and oxygen atoms in total. The van der Waals surface area contributed by atoms with Gasteiger partial charge in [-0.25, -0.2) is 13.2 Å². The molecule has 0 spiro atoms. The van der Waals surface area contributed by atoms with Gasteiger partial charge >= 0.3 is 0 Å². The van der Waals surface area contributed by atoms with E-state index in [4.69, 9.17) is 0 Å². The number of halogens is 3. The van der Waals surface area contributed by atoms with E-state index >= 15 is 0 Å². The van der Waals surface area contributed by atoms with Crippen molar-refractivity contribution in [2.45, 2.75) is 31.9 Å². The fraction of sp³-hybridized carbons (Fsp3) is 0.364. The molecular weight excluding hydrogens is 423 g/mol. The monoisotopic (exact) mass is 443 g/mol. The smallest absolute Gasteiger partial charge is 0.266 e. The Hall–Kier alpha value is -3.43. The van der Waals surface area contributed by atoms with Gasteiger partial charge in [-0.3, -0.25) is 19.3 Å². The fourth-order valence-corrected chi connectivity index (χ4v) is 4.27. The standard InChI is InChI=1S/C22H20F3N5O2/c23-17-4-3-13(6-16(17)22(24)25)14-7-19-18(26-8-14)9-27-30(19)12-21(32)28-10-15(11-28)29-5-1-2-20(29)31/h3-4,6-9,15,22H,1-2,5,10-12H2. The molecule has 0 N–H and O–H groups in total. The van der Waals surface area contributed by atoms with Gasteiger partial charge in [-0.1, -0.05) is 6.07 Å². The Balaban J connectivity index is 1.33. The number of likely N-dealkylation sites (tertiary alicyclic amines) is 2. The Bertz CT molecular complexity index is 1210. The summed E-state index contributed by atoms with van der Waals surface area (Å²) in [6.45, 7) is 1.78. The minimum atomic E-state index is -2.93. The number of benzene rings is 1. The molecular formula is C22H20F3N5O2. The third-order valence-electron chi connectivity index (χ3n) is 6.11. The van der Waals surface area contributed by atoms with E-state index in [-0.39, 0.29) is 24.4 Å². The second-order valence-corrected chi connectivity index (χ2v) is 8.11. The van der Waals surface area contributed by atoms with E-state index < -0.39 is 17.8 Å². The van der Waals surface area contributed by atoms with Crippen LogP contribution in [0, 0.1) is 5.82 Å². The highest BCUT2D eigenvalue weighted by Gasteiger charge is 2.38. The van der Waals surface area contributed by atoms with Crippen molar-refractivity contribution in [3.05, 3.63) is 48.0 Å². The zero-order chi connectivity index (χ0) is 22.4. The number of nitrogens with zero attached hydrogens (tertiary/aromatic N) is 5. The molecule has 2 fully saturated rings. The third-order valence-corrected chi connectivity index (χ3v) is 6.11. The molecule has 0 aliphatic carbocycles. The first-order valence-electron chi connectivity index (χ1n) is 10.4.